The van der Waals surface area contributed by atoms with Crippen molar-refractivity contribution in [1.82, 2.24) is 19.6 Å². The average molecular weight is 573 g/mol. The first kappa shape index (κ1) is 25.5. The molecule has 0 unspecified atom stereocenters. The predicted octanol–water partition coefficient (Wildman–Crippen LogP) is -0.767. The number of benzene rings is 2. The van der Waals surface area contributed by atoms with Crippen molar-refractivity contribution in [2.75, 3.05) is 37.9 Å². The smallest absolute Gasteiger partial charge is 0.250 e. The van der Waals surface area contributed by atoms with Gasteiger partial charge in [-0.15, -0.1) is 0 Å². The zero-order chi connectivity index (χ0) is 29.3. The number of carbonyl (C=O) groups excluding carboxylic acids is 4. The Balaban J connectivity index is 1.41. The van der Waals surface area contributed by atoms with E-state index in [0.29, 0.717) is 0 Å². The summed E-state index contributed by atoms with van der Waals surface area (Å²) in [6, 6.07) is 12.0. The van der Waals surface area contributed by atoms with Gasteiger partial charge in [0.25, 0.3) is 0 Å². The number of nitrogens with zero attached hydrogens (tertiary/aromatic N) is 4. The van der Waals surface area contributed by atoms with Crippen LogP contribution in [0, 0.1) is 0 Å². The highest BCUT2D eigenvalue weighted by atomic mass is 16.3. The monoisotopic (exact) mass is 572 g/mol. The van der Waals surface area contributed by atoms with Crippen LogP contribution in [0.2, 0.25) is 0 Å². The van der Waals surface area contributed by atoms with Gasteiger partial charge in [0.2, 0.25) is 23.6 Å². The van der Waals surface area contributed by atoms with Crippen molar-refractivity contribution in [3.05, 3.63) is 59.7 Å². The summed E-state index contributed by atoms with van der Waals surface area (Å²) in [5.74, 6) is -1.19. The molecule has 4 fully saturated rings. The number of hydrogen-bond acceptors (Lipinski definition) is 8. The van der Waals surface area contributed by atoms with E-state index in [4.69, 9.17) is 0 Å². The maximum absolute atomic E-state index is 14.0. The summed E-state index contributed by atoms with van der Waals surface area (Å²) in [6.07, 6.45) is -0.813. The molecule has 2 aromatic carbocycles. The topological polar surface area (TPSA) is 146 Å². The molecule has 12 nitrogen and oxygen atoms in total. The van der Waals surface area contributed by atoms with Gasteiger partial charge in [-0.2, -0.15) is 0 Å². The Bertz CT molecular complexity index is 1470. The van der Waals surface area contributed by atoms with Crippen LogP contribution < -0.4 is 10.6 Å². The number of piperazine rings is 2. The van der Waals surface area contributed by atoms with Crippen molar-refractivity contribution < 1.29 is 29.4 Å². The van der Waals surface area contributed by atoms with E-state index in [1.54, 1.807) is 23.9 Å². The lowest BCUT2D eigenvalue weighted by Crippen LogP contribution is -2.67. The number of anilines is 2. The fourth-order valence-electron chi connectivity index (χ4n) is 9.22. The fraction of sp³-hybridized carbons (Fsp3) is 0.467. The Morgan fingerprint density at radius 2 is 1.05 bits per heavy atom. The molecule has 6 aliphatic rings. The predicted molar refractivity (Wildman–Crippen MR) is 149 cm³/mol. The van der Waals surface area contributed by atoms with Crippen LogP contribution in [0.4, 0.5) is 11.4 Å². The van der Waals surface area contributed by atoms with Gasteiger partial charge in [-0.1, -0.05) is 36.4 Å². The summed E-state index contributed by atoms with van der Waals surface area (Å²) in [7, 11) is 3.10. The summed E-state index contributed by atoms with van der Waals surface area (Å²) in [5, 5.41) is 27.4. The van der Waals surface area contributed by atoms with Crippen molar-refractivity contribution in [3.63, 3.8) is 0 Å². The molecule has 4 saturated heterocycles. The average Bonchev–Trinajstić information content (AvgIpc) is 3.69. The molecule has 4 amide bonds. The van der Waals surface area contributed by atoms with Crippen molar-refractivity contribution >= 4 is 35.0 Å². The second kappa shape index (κ2) is 8.23. The van der Waals surface area contributed by atoms with Crippen LogP contribution in [0.25, 0.3) is 0 Å². The molecule has 6 aliphatic heterocycles. The van der Waals surface area contributed by atoms with Crippen LogP contribution in [0.1, 0.15) is 24.0 Å². The summed E-state index contributed by atoms with van der Waals surface area (Å²) in [6.45, 7) is -0.994. The number of likely N-dealkylation sites (N-methyl/N-ethyl adjacent to an activating group) is 2. The molecular weight excluding hydrogens is 540 g/mol. The minimum Gasteiger partial charge on any atom is -0.394 e. The third-order valence-corrected chi connectivity index (χ3v) is 11.0. The van der Waals surface area contributed by atoms with Crippen molar-refractivity contribution in [3.8, 4) is 0 Å². The van der Waals surface area contributed by atoms with Crippen LogP contribution in [0.15, 0.2) is 48.5 Å². The van der Waals surface area contributed by atoms with E-state index in [1.807, 2.05) is 48.5 Å². The van der Waals surface area contributed by atoms with Gasteiger partial charge in [0.1, 0.15) is 36.5 Å². The zero-order valence-corrected chi connectivity index (χ0v) is 23.2. The SMILES string of the molecule is CN1C(=O)[C@H]2C[C@]3([C@]45C[C@@H]6C(=O)N(C)[C@H](CO)C(=O)N6[C@H]4Nc4ccccc45)c4ccccc4N[C@@H]3N2C(=O)[C@H]1CO. The van der Waals surface area contributed by atoms with E-state index in [9.17, 15) is 29.4 Å². The lowest BCUT2D eigenvalue weighted by Gasteiger charge is -2.48. The maximum Gasteiger partial charge on any atom is 0.250 e. The molecular formula is C30H32N6O6. The van der Waals surface area contributed by atoms with E-state index in [2.05, 4.69) is 10.6 Å². The third-order valence-electron chi connectivity index (χ3n) is 11.0. The number of hydrogen-bond donors (Lipinski definition) is 4. The zero-order valence-electron chi connectivity index (χ0n) is 23.2. The molecule has 0 aliphatic carbocycles. The lowest BCUT2D eigenvalue weighted by molar-refractivity contribution is -0.161. The molecule has 12 heteroatoms. The summed E-state index contributed by atoms with van der Waals surface area (Å²) < 4.78 is 0. The molecule has 4 N–H and O–H groups in total. The second-order valence-electron chi connectivity index (χ2n) is 12.4. The Morgan fingerprint density at radius 1 is 0.667 bits per heavy atom. The Labute approximate surface area is 241 Å². The molecule has 6 heterocycles. The molecule has 8 rings (SSSR count). The molecule has 0 saturated carbocycles. The van der Waals surface area contributed by atoms with Crippen LogP contribution in [0.3, 0.4) is 0 Å². The molecule has 0 aromatic heterocycles. The minimum atomic E-state index is -1.01. The van der Waals surface area contributed by atoms with Gasteiger partial charge in [-0.25, -0.2) is 0 Å². The van der Waals surface area contributed by atoms with Gasteiger partial charge in [0.15, 0.2) is 0 Å². The number of nitrogens with one attached hydrogen (secondary N) is 2. The molecule has 8 atom stereocenters. The van der Waals surface area contributed by atoms with E-state index in [0.717, 1.165) is 22.5 Å². The number of rotatable bonds is 3. The normalized spacial score (nSPS) is 37.6. The van der Waals surface area contributed by atoms with Crippen molar-refractivity contribution in [2.24, 2.45) is 0 Å². The van der Waals surface area contributed by atoms with Gasteiger partial charge in [0.05, 0.1) is 24.0 Å². The molecule has 2 aromatic rings. The number of para-hydroxylation sites is 2. The van der Waals surface area contributed by atoms with Crippen LogP contribution in [-0.4, -0.2) is 117 Å². The van der Waals surface area contributed by atoms with Gasteiger partial charge in [-0.3, -0.25) is 19.2 Å². The van der Waals surface area contributed by atoms with Crippen molar-refractivity contribution in [1.29, 1.82) is 0 Å². The number of aliphatic hydroxyl groups is 2. The van der Waals surface area contributed by atoms with Gasteiger partial charge in [0, 0.05) is 25.5 Å². The fourth-order valence-corrected chi connectivity index (χ4v) is 9.22. The van der Waals surface area contributed by atoms with E-state index >= 15 is 0 Å². The minimum absolute atomic E-state index is 0.253. The lowest BCUT2D eigenvalue weighted by atomic mass is 9.54. The van der Waals surface area contributed by atoms with Gasteiger partial charge >= 0.3 is 0 Å². The highest BCUT2D eigenvalue weighted by Gasteiger charge is 2.78. The van der Waals surface area contributed by atoms with E-state index in [-0.39, 0.29) is 36.5 Å². The van der Waals surface area contributed by atoms with E-state index < -0.39 is 60.5 Å². The quantitative estimate of drug-likeness (QED) is 0.376. The molecule has 42 heavy (non-hydrogen) atoms. The Morgan fingerprint density at radius 3 is 1.43 bits per heavy atom. The first-order chi connectivity index (χ1) is 20.2. The van der Waals surface area contributed by atoms with Crippen LogP contribution in [-0.2, 0) is 30.0 Å². The molecule has 218 valence electrons. The van der Waals surface area contributed by atoms with E-state index in [1.165, 1.54) is 9.80 Å². The highest BCUT2D eigenvalue weighted by molar-refractivity contribution is 6.01. The second-order valence-corrected chi connectivity index (χ2v) is 12.4. The van der Waals surface area contributed by atoms with Crippen molar-refractivity contribution in [2.45, 2.75) is 60.2 Å². The number of carbonyl (C=O) groups is 4. The summed E-state index contributed by atoms with van der Waals surface area (Å²) >= 11 is 0. The third kappa shape index (κ3) is 2.62. The van der Waals surface area contributed by atoms with Crippen LogP contribution >= 0.6 is 0 Å². The standard InChI is InChI=1S/C30H32N6O6/c1-33-21(13-37)25(41)35-19(23(33)39)11-29(15-7-3-5-9-17(15)31-27(29)35)30-12-20-24(40)34(2)22(14-38)26(42)36(20)28(30)32-18-10-6-4-8-16(18)30/h3-10,19-22,27-28,31-32,37-38H,11-14H2,1-2H3/t19-,20-,21-,22-,27-,28-,29+,30+/m1/s1. The maximum atomic E-state index is 14.0. The number of amides is 4. The largest absolute Gasteiger partial charge is 0.394 e. The van der Waals surface area contributed by atoms with Crippen LogP contribution in [0.5, 0.6) is 0 Å². The van der Waals surface area contributed by atoms with Gasteiger partial charge in [-0.05, 0) is 36.1 Å². The number of fused-ring (bicyclic) bond motifs is 11. The first-order valence-corrected chi connectivity index (χ1v) is 14.3. The first-order valence-electron chi connectivity index (χ1n) is 14.3. The molecule has 0 spiro atoms. The van der Waals surface area contributed by atoms with Gasteiger partial charge < -0.3 is 40.4 Å². The summed E-state index contributed by atoms with van der Waals surface area (Å²) in [4.78, 5) is 61.7. The Hall–Kier alpha value is -4.16. The summed E-state index contributed by atoms with van der Waals surface area (Å²) in [5.41, 5.74) is 1.63. The molecule has 0 radical (unpaired) electrons. The molecule has 0 bridgehead atoms. The number of aliphatic hydroxyl groups excluding tert-OH is 2. The Kier molecular flexibility index (Phi) is 5.00. The highest BCUT2D eigenvalue weighted by Crippen LogP contribution is 2.69.